The standard InChI is InChI=1S/C11H10BrF3O4/c1-6(10(16)17-2)18-7-3-4-9(8(12)5-7)19-11(13,14)15/h3-6H,1-2H3. The normalized spacial score (nSPS) is 12.7. The van der Waals surface area contributed by atoms with E-state index in [1.807, 2.05) is 0 Å². The Morgan fingerprint density at radius 1 is 1.37 bits per heavy atom. The van der Waals surface area contributed by atoms with Gasteiger partial charge in [-0.1, -0.05) is 0 Å². The molecule has 0 aliphatic heterocycles. The Morgan fingerprint density at radius 2 is 2.00 bits per heavy atom. The zero-order valence-corrected chi connectivity index (χ0v) is 11.5. The molecule has 8 heteroatoms. The quantitative estimate of drug-likeness (QED) is 0.787. The van der Waals surface area contributed by atoms with E-state index < -0.39 is 24.2 Å². The Hall–Kier alpha value is -1.44. The Labute approximate surface area is 115 Å². The summed E-state index contributed by atoms with van der Waals surface area (Å²) in [5, 5.41) is 0. The lowest BCUT2D eigenvalue weighted by Crippen LogP contribution is -2.24. The van der Waals surface area contributed by atoms with Gasteiger partial charge in [-0.25, -0.2) is 4.79 Å². The highest BCUT2D eigenvalue weighted by atomic mass is 79.9. The Morgan fingerprint density at radius 3 is 2.47 bits per heavy atom. The number of esters is 1. The minimum Gasteiger partial charge on any atom is -0.479 e. The van der Waals surface area contributed by atoms with E-state index in [0.717, 1.165) is 6.07 Å². The molecule has 0 radical (unpaired) electrons. The van der Waals surface area contributed by atoms with Gasteiger partial charge in [-0.3, -0.25) is 0 Å². The molecule has 1 atom stereocenters. The fraction of sp³-hybridized carbons (Fsp3) is 0.364. The number of ether oxygens (including phenoxy) is 3. The van der Waals surface area contributed by atoms with E-state index in [0.29, 0.717) is 0 Å². The maximum atomic E-state index is 12.0. The second-order valence-corrected chi connectivity index (χ2v) is 4.28. The van der Waals surface area contributed by atoms with Crippen LogP contribution < -0.4 is 9.47 Å². The summed E-state index contributed by atoms with van der Waals surface area (Å²) in [7, 11) is 1.21. The number of carbonyl (C=O) groups is 1. The van der Waals surface area contributed by atoms with Crippen molar-refractivity contribution in [3.05, 3.63) is 22.7 Å². The first-order valence-electron chi connectivity index (χ1n) is 5.02. The maximum Gasteiger partial charge on any atom is 0.573 e. The molecular weight excluding hydrogens is 333 g/mol. The highest BCUT2D eigenvalue weighted by molar-refractivity contribution is 9.10. The Kier molecular flexibility index (Phi) is 5.04. The molecule has 0 aromatic heterocycles. The van der Waals surface area contributed by atoms with Crippen molar-refractivity contribution in [2.45, 2.75) is 19.4 Å². The van der Waals surface area contributed by atoms with E-state index in [1.54, 1.807) is 0 Å². The summed E-state index contributed by atoms with van der Waals surface area (Å²) in [6, 6.07) is 3.60. The van der Waals surface area contributed by atoms with Crippen molar-refractivity contribution in [2.24, 2.45) is 0 Å². The van der Waals surface area contributed by atoms with E-state index in [-0.39, 0.29) is 10.2 Å². The van der Waals surface area contributed by atoms with Crippen LogP contribution in [-0.4, -0.2) is 25.5 Å². The third kappa shape index (κ3) is 4.98. The van der Waals surface area contributed by atoms with Gasteiger partial charge in [-0.15, -0.1) is 13.2 Å². The van der Waals surface area contributed by atoms with Gasteiger partial charge in [0.15, 0.2) is 6.10 Å². The molecule has 1 aromatic carbocycles. The van der Waals surface area contributed by atoms with Gasteiger partial charge in [0, 0.05) is 0 Å². The second kappa shape index (κ2) is 6.14. The number of rotatable bonds is 4. The third-order valence-electron chi connectivity index (χ3n) is 1.98. The topological polar surface area (TPSA) is 44.8 Å². The summed E-state index contributed by atoms with van der Waals surface area (Å²) in [5.74, 6) is -0.781. The number of carbonyl (C=O) groups excluding carboxylic acids is 1. The molecule has 0 N–H and O–H groups in total. The molecule has 0 aliphatic rings. The van der Waals surface area contributed by atoms with Crippen molar-refractivity contribution in [1.82, 2.24) is 0 Å². The highest BCUT2D eigenvalue weighted by Gasteiger charge is 2.32. The molecule has 4 nitrogen and oxygen atoms in total. The predicted octanol–water partition coefficient (Wildman–Crippen LogP) is 3.29. The monoisotopic (exact) mass is 342 g/mol. The van der Waals surface area contributed by atoms with Gasteiger partial charge >= 0.3 is 12.3 Å². The van der Waals surface area contributed by atoms with E-state index >= 15 is 0 Å². The largest absolute Gasteiger partial charge is 0.573 e. The van der Waals surface area contributed by atoms with E-state index in [1.165, 1.54) is 26.2 Å². The van der Waals surface area contributed by atoms with Gasteiger partial charge in [-0.2, -0.15) is 0 Å². The summed E-state index contributed by atoms with van der Waals surface area (Å²) >= 11 is 2.92. The number of benzene rings is 1. The van der Waals surface area contributed by atoms with Crippen LogP contribution in [0.5, 0.6) is 11.5 Å². The van der Waals surface area contributed by atoms with Crippen LogP contribution in [0.1, 0.15) is 6.92 Å². The molecular formula is C11H10BrF3O4. The van der Waals surface area contributed by atoms with E-state index in [9.17, 15) is 18.0 Å². The molecule has 1 aromatic rings. The van der Waals surface area contributed by atoms with Crippen molar-refractivity contribution < 1.29 is 32.2 Å². The smallest absolute Gasteiger partial charge is 0.479 e. The summed E-state index contributed by atoms with van der Waals surface area (Å²) in [6.45, 7) is 1.46. The van der Waals surface area contributed by atoms with Crippen LogP contribution in [0.2, 0.25) is 0 Å². The fourth-order valence-corrected chi connectivity index (χ4v) is 1.62. The lowest BCUT2D eigenvalue weighted by atomic mass is 10.3. The Bertz CT molecular complexity index is 462. The fourth-order valence-electron chi connectivity index (χ4n) is 1.18. The molecule has 19 heavy (non-hydrogen) atoms. The van der Waals surface area contributed by atoms with Crippen molar-refractivity contribution in [3.8, 4) is 11.5 Å². The minimum absolute atomic E-state index is 0.0550. The summed E-state index contributed by atoms with van der Waals surface area (Å²) in [6.07, 6.45) is -5.64. The maximum absolute atomic E-state index is 12.0. The van der Waals surface area contributed by atoms with Crippen LogP contribution in [0.4, 0.5) is 13.2 Å². The zero-order valence-electron chi connectivity index (χ0n) is 9.95. The first-order chi connectivity index (χ1) is 8.73. The number of alkyl halides is 3. The van der Waals surface area contributed by atoms with Crippen molar-refractivity contribution in [3.63, 3.8) is 0 Å². The van der Waals surface area contributed by atoms with Gasteiger partial charge in [0.05, 0.1) is 11.6 Å². The first-order valence-corrected chi connectivity index (χ1v) is 5.82. The van der Waals surface area contributed by atoms with Crippen LogP contribution in [0.3, 0.4) is 0 Å². The van der Waals surface area contributed by atoms with E-state index in [4.69, 9.17) is 4.74 Å². The van der Waals surface area contributed by atoms with Crippen LogP contribution in [0, 0.1) is 0 Å². The van der Waals surface area contributed by atoms with Crippen molar-refractivity contribution >= 4 is 21.9 Å². The Balaban J connectivity index is 2.80. The molecule has 106 valence electrons. The van der Waals surface area contributed by atoms with Gasteiger partial charge in [0.25, 0.3) is 0 Å². The molecule has 0 amide bonds. The number of methoxy groups -OCH3 is 1. The molecule has 1 unspecified atom stereocenters. The third-order valence-corrected chi connectivity index (χ3v) is 2.59. The predicted molar refractivity (Wildman–Crippen MR) is 62.9 cm³/mol. The lowest BCUT2D eigenvalue weighted by molar-refractivity contribution is -0.274. The molecule has 0 aliphatic carbocycles. The average Bonchev–Trinajstić information content (AvgIpc) is 2.30. The zero-order chi connectivity index (χ0) is 14.6. The van der Waals surface area contributed by atoms with Gasteiger partial charge in [0.1, 0.15) is 11.5 Å². The highest BCUT2D eigenvalue weighted by Crippen LogP contribution is 2.33. The number of halogens is 4. The summed E-state index contributed by atoms with van der Waals surface area (Å²) < 4.78 is 49.6. The van der Waals surface area contributed by atoms with Crippen LogP contribution in [0.15, 0.2) is 22.7 Å². The SMILES string of the molecule is COC(=O)C(C)Oc1ccc(OC(F)(F)F)c(Br)c1. The molecule has 1 rings (SSSR count). The molecule has 0 fully saturated rings. The molecule has 0 saturated carbocycles. The van der Waals surface area contributed by atoms with Crippen LogP contribution >= 0.6 is 15.9 Å². The van der Waals surface area contributed by atoms with Crippen molar-refractivity contribution in [2.75, 3.05) is 7.11 Å². The van der Waals surface area contributed by atoms with Crippen molar-refractivity contribution in [1.29, 1.82) is 0 Å². The summed E-state index contributed by atoms with van der Waals surface area (Å²) in [5.41, 5.74) is 0. The first kappa shape index (κ1) is 15.6. The van der Waals surface area contributed by atoms with Crippen LogP contribution in [0.25, 0.3) is 0 Å². The van der Waals surface area contributed by atoms with Gasteiger partial charge in [-0.05, 0) is 41.1 Å². The minimum atomic E-state index is -4.77. The van der Waals surface area contributed by atoms with E-state index in [2.05, 4.69) is 25.4 Å². The summed E-state index contributed by atoms with van der Waals surface area (Å²) in [4.78, 5) is 11.1. The number of hydrogen-bond acceptors (Lipinski definition) is 4. The molecule has 0 saturated heterocycles. The molecule has 0 heterocycles. The van der Waals surface area contributed by atoms with Crippen LogP contribution in [-0.2, 0) is 9.53 Å². The molecule has 0 bridgehead atoms. The van der Waals surface area contributed by atoms with Gasteiger partial charge in [0.2, 0.25) is 0 Å². The number of hydrogen-bond donors (Lipinski definition) is 0. The average molecular weight is 343 g/mol. The second-order valence-electron chi connectivity index (χ2n) is 3.42. The van der Waals surface area contributed by atoms with Gasteiger partial charge < -0.3 is 14.2 Å². The lowest BCUT2D eigenvalue weighted by Gasteiger charge is -2.14. The molecule has 0 spiro atoms.